The molecule has 0 aliphatic rings. The maximum atomic E-state index is 10.3. The number of hydrogen-bond donors (Lipinski definition) is 1. The first kappa shape index (κ1) is 10.1. The Morgan fingerprint density at radius 3 is 2.57 bits per heavy atom. The van der Waals surface area contributed by atoms with E-state index < -0.39 is 5.97 Å². The van der Waals surface area contributed by atoms with Crippen LogP contribution in [0.15, 0.2) is 42.0 Å². The Morgan fingerprint density at radius 2 is 2.00 bits per heavy atom. The van der Waals surface area contributed by atoms with Crippen LogP contribution in [0.3, 0.4) is 0 Å². The minimum Gasteiger partial charge on any atom is -0.478 e. The quantitative estimate of drug-likeness (QED) is 0.538. The molecule has 0 aliphatic heterocycles. The summed E-state index contributed by atoms with van der Waals surface area (Å²) in [5, 5.41) is 8.44. The smallest absolute Gasteiger partial charge is 0.329 e. The lowest BCUT2D eigenvalue weighted by atomic mass is 10.2. The van der Waals surface area contributed by atoms with Crippen molar-refractivity contribution < 1.29 is 9.90 Å². The van der Waals surface area contributed by atoms with Gasteiger partial charge in [0.05, 0.1) is 0 Å². The van der Waals surface area contributed by atoms with Crippen LogP contribution in [0, 0.1) is 11.8 Å². The number of carboxylic acids is 1. The van der Waals surface area contributed by atoms with Crippen LogP contribution in [0.25, 0.3) is 0 Å². The number of hydrogen-bond acceptors (Lipinski definition) is 1. The molecule has 70 valence electrons. The van der Waals surface area contributed by atoms with Gasteiger partial charge >= 0.3 is 5.97 Å². The highest BCUT2D eigenvalue weighted by atomic mass is 16.4. The van der Waals surface area contributed by atoms with E-state index in [4.69, 9.17) is 5.11 Å². The van der Waals surface area contributed by atoms with Gasteiger partial charge in [-0.3, -0.25) is 0 Å². The SMILES string of the molecule is C/C(C#Cc1ccccc1)=C\C(=O)O. The molecule has 1 N–H and O–H groups in total. The van der Waals surface area contributed by atoms with Gasteiger partial charge in [0, 0.05) is 17.2 Å². The monoisotopic (exact) mass is 186 g/mol. The van der Waals surface area contributed by atoms with Crippen LogP contribution in [-0.4, -0.2) is 11.1 Å². The first-order valence-electron chi connectivity index (χ1n) is 4.17. The summed E-state index contributed by atoms with van der Waals surface area (Å²) in [4.78, 5) is 10.3. The lowest BCUT2D eigenvalue weighted by molar-refractivity contribution is -0.131. The molecule has 0 unspecified atom stereocenters. The summed E-state index contributed by atoms with van der Waals surface area (Å²) in [7, 11) is 0. The maximum absolute atomic E-state index is 10.3. The summed E-state index contributed by atoms with van der Waals surface area (Å²) >= 11 is 0. The molecule has 0 fully saturated rings. The fourth-order valence-electron chi connectivity index (χ4n) is 0.914. The van der Waals surface area contributed by atoms with Gasteiger partial charge < -0.3 is 5.11 Å². The molecule has 0 spiro atoms. The molecule has 1 aromatic rings. The highest BCUT2D eigenvalue weighted by molar-refractivity contribution is 5.81. The zero-order valence-electron chi connectivity index (χ0n) is 7.82. The third-order valence-corrected chi connectivity index (χ3v) is 1.52. The summed E-state index contributed by atoms with van der Waals surface area (Å²) in [5.41, 5.74) is 1.42. The van der Waals surface area contributed by atoms with Gasteiger partial charge in [-0.15, -0.1) is 0 Å². The standard InChI is InChI=1S/C12H10O2/c1-10(9-12(13)14)7-8-11-5-3-2-4-6-11/h2-6,9H,1H3,(H,13,14)/b10-9+. The van der Waals surface area contributed by atoms with Crippen molar-refractivity contribution in [3.8, 4) is 11.8 Å². The highest BCUT2D eigenvalue weighted by Gasteiger charge is 1.88. The molecule has 0 radical (unpaired) electrons. The highest BCUT2D eigenvalue weighted by Crippen LogP contribution is 1.96. The number of rotatable bonds is 1. The minimum absolute atomic E-state index is 0.543. The van der Waals surface area contributed by atoms with Crippen LogP contribution < -0.4 is 0 Å². The Balaban J connectivity index is 2.79. The fourth-order valence-corrected chi connectivity index (χ4v) is 0.914. The van der Waals surface area contributed by atoms with Crippen molar-refractivity contribution in [1.29, 1.82) is 0 Å². The van der Waals surface area contributed by atoms with Crippen LogP contribution in [-0.2, 0) is 4.79 Å². The second kappa shape index (κ2) is 4.88. The first-order chi connectivity index (χ1) is 6.68. The Hall–Kier alpha value is -2.01. The molecule has 1 aromatic carbocycles. The van der Waals surface area contributed by atoms with Crippen molar-refractivity contribution in [2.45, 2.75) is 6.92 Å². The number of aliphatic carboxylic acids is 1. The van der Waals surface area contributed by atoms with Crippen LogP contribution in [0.2, 0.25) is 0 Å². The van der Waals surface area contributed by atoms with E-state index in [0.717, 1.165) is 11.6 Å². The molecular weight excluding hydrogens is 176 g/mol. The van der Waals surface area contributed by atoms with Gasteiger partial charge in [-0.25, -0.2) is 4.79 Å². The van der Waals surface area contributed by atoms with E-state index in [1.54, 1.807) is 6.92 Å². The van der Waals surface area contributed by atoms with E-state index in [1.807, 2.05) is 30.3 Å². The molecule has 2 nitrogen and oxygen atoms in total. The number of carboxylic acid groups (broad SMARTS) is 1. The van der Waals surface area contributed by atoms with Crippen LogP contribution in [0.5, 0.6) is 0 Å². The van der Waals surface area contributed by atoms with Crippen LogP contribution >= 0.6 is 0 Å². The second-order valence-electron chi connectivity index (χ2n) is 2.78. The number of allylic oxidation sites excluding steroid dienone is 1. The molecule has 0 saturated carbocycles. The third-order valence-electron chi connectivity index (χ3n) is 1.52. The van der Waals surface area contributed by atoms with E-state index in [1.165, 1.54) is 0 Å². The molecule has 0 saturated heterocycles. The molecule has 0 aromatic heterocycles. The predicted molar refractivity (Wildman–Crippen MR) is 54.7 cm³/mol. The minimum atomic E-state index is -0.968. The number of benzene rings is 1. The normalized spacial score (nSPS) is 10.2. The molecule has 0 bridgehead atoms. The molecule has 14 heavy (non-hydrogen) atoms. The van der Waals surface area contributed by atoms with Gasteiger partial charge in [0.25, 0.3) is 0 Å². The average molecular weight is 186 g/mol. The van der Waals surface area contributed by atoms with Gasteiger partial charge in [-0.05, 0) is 19.1 Å². The van der Waals surface area contributed by atoms with E-state index in [0.29, 0.717) is 5.57 Å². The lowest BCUT2D eigenvalue weighted by Gasteiger charge is -1.87. The van der Waals surface area contributed by atoms with Crippen molar-refractivity contribution in [2.75, 3.05) is 0 Å². The molecular formula is C12H10O2. The number of carbonyl (C=O) groups is 1. The van der Waals surface area contributed by atoms with Crippen molar-refractivity contribution in [2.24, 2.45) is 0 Å². The summed E-state index contributed by atoms with van der Waals surface area (Å²) in [6.45, 7) is 1.67. The van der Waals surface area contributed by atoms with E-state index >= 15 is 0 Å². The summed E-state index contributed by atoms with van der Waals surface area (Å²) in [5.74, 6) is 4.66. The molecule has 0 aliphatic carbocycles. The Bertz CT molecular complexity index is 405. The first-order valence-corrected chi connectivity index (χ1v) is 4.17. The van der Waals surface area contributed by atoms with Gasteiger partial charge in [0.1, 0.15) is 0 Å². The molecule has 2 heteroatoms. The third kappa shape index (κ3) is 3.59. The van der Waals surface area contributed by atoms with E-state index in [2.05, 4.69) is 11.8 Å². The van der Waals surface area contributed by atoms with Crippen LogP contribution in [0.1, 0.15) is 12.5 Å². The van der Waals surface area contributed by atoms with Crippen molar-refractivity contribution >= 4 is 5.97 Å². The second-order valence-corrected chi connectivity index (χ2v) is 2.78. The Labute approximate surface area is 82.9 Å². The fraction of sp³-hybridized carbons (Fsp3) is 0.0833. The van der Waals surface area contributed by atoms with E-state index in [9.17, 15) is 4.79 Å². The summed E-state index contributed by atoms with van der Waals surface area (Å²) < 4.78 is 0. The molecule has 0 amide bonds. The topological polar surface area (TPSA) is 37.3 Å². The van der Waals surface area contributed by atoms with Gasteiger partial charge in [-0.2, -0.15) is 0 Å². The Morgan fingerprint density at radius 1 is 1.36 bits per heavy atom. The Kier molecular flexibility index (Phi) is 3.51. The maximum Gasteiger partial charge on any atom is 0.329 e. The average Bonchev–Trinajstić information content (AvgIpc) is 2.15. The molecule has 0 heterocycles. The van der Waals surface area contributed by atoms with Gasteiger partial charge in [0.15, 0.2) is 0 Å². The van der Waals surface area contributed by atoms with Gasteiger partial charge in [-0.1, -0.05) is 30.0 Å². The molecule has 1 rings (SSSR count). The van der Waals surface area contributed by atoms with Gasteiger partial charge in [0.2, 0.25) is 0 Å². The van der Waals surface area contributed by atoms with E-state index in [-0.39, 0.29) is 0 Å². The van der Waals surface area contributed by atoms with Crippen LogP contribution in [0.4, 0.5) is 0 Å². The summed E-state index contributed by atoms with van der Waals surface area (Å²) in [6.07, 6.45) is 1.09. The summed E-state index contributed by atoms with van der Waals surface area (Å²) in [6, 6.07) is 9.44. The van der Waals surface area contributed by atoms with Crippen molar-refractivity contribution in [3.05, 3.63) is 47.5 Å². The lowest BCUT2D eigenvalue weighted by Crippen LogP contribution is -1.88. The zero-order chi connectivity index (χ0) is 10.4. The largest absolute Gasteiger partial charge is 0.478 e. The zero-order valence-corrected chi connectivity index (χ0v) is 7.82. The molecule has 0 atom stereocenters. The predicted octanol–water partition coefficient (Wildman–Crippen LogP) is 2.07. The van der Waals surface area contributed by atoms with Crippen molar-refractivity contribution in [1.82, 2.24) is 0 Å². The van der Waals surface area contributed by atoms with Crippen molar-refractivity contribution in [3.63, 3.8) is 0 Å².